The van der Waals surface area contributed by atoms with Gasteiger partial charge in [-0.15, -0.1) is 0 Å². The lowest BCUT2D eigenvalue weighted by Crippen LogP contribution is -1.95. The predicted octanol–water partition coefficient (Wildman–Crippen LogP) is 4.23. The van der Waals surface area contributed by atoms with Crippen LogP contribution in [0.1, 0.15) is 37.4 Å². The van der Waals surface area contributed by atoms with Gasteiger partial charge in [0.1, 0.15) is 6.07 Å². The van der Waals surface area contributed by atoms with Gasteiger partial charge in [0.05, 0.1) is 10.2 Å². The Bertz CT molecular complexity index is 620. The maximum atomic E-state index is 9.00. The summed E-state index contributed by atoms with van der Waals surface area (Å²) in [5.74, 6) is 0.568. The van der Waals surface area contributed by atoms with E-state index in [9.17, 15) is 0 Å². The van der Waals surface area contributed by atoms with Gasteiger partial charge >= 0.3 is 0 Å². The van der Waals surface area contributed by atoms with Gasteiger partial charge in [0.15, 0.2) is 5.69 Å². The summed E-state index contributed by atoms with van der Waals surface area (Å²) in [6, 6.07) is 10.6. The van der Waals surface area contributed by atoms with Crippen molar-refractivity contribution in [2.45, 2.75) is 26.2 Å². The van der Waals surface area contributed by atoms with Crippen LogP contribution in [0.15, 0.2) is 28.7 Å². The number of aromatic nitrogens is 2. The van der Waals surface area contributed by atoms with Crippen molar-refractivity contribution in [2.75, 3.05) is 0 Å². The summed E-state index contributed by atoms with van der Waals surface area (Å²) in [5, 5.41) is 13.2. The van der Waals surface area contributed by atoms with Crippen molar-refractivity contribution in [3.63, 3.8) is 0 Å². The van der Waals surface area contributed by atoms with Crippen molar-refractivity contribution in [2.24, 2.45) is 7.05 Å². The van der Waals surface area contributed by atoms with Crippen LogP contribution in [0.5, 0.6) is 0 Å². The van der Waals surface area contributed by atoms with E-state index in [0.29, 0.717) is 11.6 Å². The first kappa shape index (κ1) is 13.8. The first-order valence-electron chi connectivity index (χ1n) is 6.31. The van der Waals surface area contributed by atoms with Crippen LogP contribution in [0, 0.1) is 11.3 Å². The molecule has 1 heterocycles. The van der Waals surface area contributed by atoms with Crippen molar-refractivity contribution >= 4 is 15.9 Å². The van der Waals surface area contributed by atoms with Gasteiger partial charge in [-0.25, -0.2) is 0 Å². The molecule has 0 aliphatic heterocycles. The molecule has 1 aromatic carbocycles. The summed E-state index contributed by atoms with van der Waals surface area (Å²) in [7, 11) is 1.85. The van der Waals surface area contributed by atoms with E-state index in [1.165, 1.54) is 5.56 Å². The molecule has 1 atom stereocenters. The molecule has 0 fully saturated rings. The lowest BCUT2D eigenvalue weighted by atomic mass is 9.97. The molecule has 0 radical (unpaired) electrons. The van der Waals surface area contributed by atoms with E-state index in [1.54, 1.807) is 4.68 Å². The number of halogens is 1. The van der Waals surface area contributed by atoms with E-state index in [-0.39, 0.29) is 0 Å². The molecule has 1 unspecified atom stereocenters. The van der Waals surface area contributed by atoms with Crippen molar-refractivity contribution in [1.29, 1.82) is 5.26 Å². The third-order valence-corrected chi connectivity index (χ3v) is 4.21. The second kappa shape index (κ2) is 5.58. The van der Waals surface area contributed by atoms with E-state index < -0.39 is 0 Å². The highest BCUT2D eigenvalue weighted by molar-refractivity contribution is 9.10. The molecule has 0 amide bonds. The minimum absolute atomic E-state index is 0.420. The van der Waals surface area contributed by atoms with Crippen LogP contribution in [0.3, 0.4) is 0 Å². The molecule has 19 heavy (non-hydrogen) atoms. The third kappa shape index (κ3) is 2.57. The molecule has 3 nitrogen and oxygen atoms in total. The van der Waals surface area contributed by atoms with E-state index in [0.717, 1.165) is 22.2 Å². The van der Waals surface area contributed by atoms with Gasteiger partial charge in [0.2, 0.25) is 0 Å². The maximum absolute atomic E-state index is 9.00. The predicted molar refractivity (Wildman–Crippen MR) is 79.8 cm³/mol. The molecular weight excluding hydrogens is 302 g/mol. The molecule has 2 aromatic rings. The molecule has 0 bridgehead atoms. The Morgan fingerprint density at radius 3 is 2.47 bits per heavy atom. The zero-order chi connectivity index (χ0) is 14.0. The van der Waals surface area contributed by atoms with E-state index >= 15 is 0 Å². The van der Waals surface area contributed by atoms with Gasteiger partial charge in [-0.1, -0.05) is 38.1 Å². The highest BCUT2D eigenvalue weighted by atomic mass is 79.9. The Labute approximate surface area is 122 Å². The first-order chi connectivity index (χ1) is 9.08. The molecule has 0 saturated carbocycles. The second-order valence-corrected chi connectivity index (χ2v) is 5.47. The average Bonchev–Trinajstić information content (AvgIpc) is 2.72. The van der Waals surface area contributed by atoms with Gasteiger partial charge in [-0.05, 0) is 33.8 Å². The van der Waals surface area contributed by atoms with Gasteiger partial charge in [0, 0.05) is 12.6 Å². The van der Waals surface area contributed by atoms with Gasteiger partial charge in [-0.3, -0.25) is 4.68 Å². The fourth-order valence-corrected chi connectivity index (χ4v) is 2.74. The minimum Gasteiger partial charge on any atom is -0.265 e. The zero-order valence-corrected chi connectivity index (χ0v) is 12.9. The fourth-order valence-electron chi connectivity index (χ4n) is 2.09. The molecule has 98 valence electrons. The maximum Gasteiger partial charge on any atom is 0.177 e. The number of rotatable bonds is 3. The Morgan fingerprint density at radius 1 is 1.37 bits per heavy atom. The lowest BCUT2D eigenvalue weighted by molar-refractivity contribution is 0.733. The van der Waals surface area contributed by atoms with Gasteiger partial charge < -0.3 is 0 Å². The van der Waals surface area contributed by atoms with Crippen LogP contribution >= 0.6 is 15.9 Å². The van der Waals surface area contributed by atoms with E-state index in [2.05, 4.69) is 65.2 Å². The van der Waals surface area contributed by atoms with Crippen molar-refractivity contribution in [3.8, 4) is 17.3 Å². The van der Waals surface area contributed by atoms with Crippen LogP contribution < -0.4 is 0 Å². The molecule has 0 N–H and O–H groups in total. The Hall–Kier alpha value is -1.60. The summed E-state index contributed by atoms with van der Waals surface area (Å²) in [6.07, 6.45) is 1.13. The van der Waals surface area contributed by atoms with Crippen LogP contribution in [0.2, 0.25) is 0 Å². The van der Waals surface area contributed by atoms with Crippen molar-refractivity contribution in [3.05, 3.63) is 40.0 Å². The van der Waals surface area contributed by atoms with Crippen LogP contribution in [0.4, 0.5) is 0 Å². The van der Waals surface area contributed by atoms with Crippen LogP contribution in [-0.2, 0) is 7.05 Å². The Balaban J connectivity index is 2.44. The molecular formula is C15H16BrN3. The third-order valence-electron chi connectivity index (χ3n) is 3.46. The normalized spacial score (nSPS) is 12.2. The largest absolute Gasteiger partial charge is 0.265 e. The quantitative estimate of drug-likeness (QED) is 0.849. The van der Waals surface area contributed by atoms with Gasteiger partial charge in [0.25, 0.3) is 0 Å². The summed E-state index contributed by atoms with van der Waals surface area (Å²) in [6.45, 7) is 4.41. The highest BCUT2D eigenvalue weighted by Crippen LogP contribution is 2.31. The summed E-state index contributed by atoms with van der Waals surface area (Å²) < 4.78 is 2.50. The molecule has 0 spiro atoms. The smallest absolute Gasteiger partial charge is 0.177 e. The number of nitrogens with zero attached hydrogens (tertiary/aromatic N) is 3. The number of benzene rings is 1. The number of hydrogen-bond acceptors (Lipinski definition) is 2. The standard InChI is InChI=1S/C15H16BrN3/c1-4-10(2)11-5-7-12(8-6-11)15-14(16)13(9-17)18-19(15)3/h5-8,10H,4H2,1-3H3. The monoisotopic (exact) mass is 317 g/mol. The summed E-state index contributed by atoms with van der Waals surface area (Å²) in [5.41, 5.74) is 3.76. The molecule has 1 aromatic heterocycles. The van der Waals surface area contributed by atoms with Crippen molar-refractivity contribution in [1.82, 2.24) is 9.78 Å². The molecule has 4 heteroatoms. The minimum atomic E-state index is 0.420. The summed E-state index contributed by atoms with van der Waals surface area (Å²) >= 11 is 3.45. The lowest BCUT2D eigenvalue weighted by Gasteiger charge is -2.10. The molecule has 0 aliphatic rings. The second-order valence-electron chi connectivity index (χ2n) is 4.68. The highest BCUT2D eigenvalue weighted by Gasteiger charge is 2.15. The first-order valence-corrected chi connectivity index (χ1v) is 7.10. The van der Waals surface area contributed by atoms with Crippen LogP contribution in [0.25, 0.3) is 11.3 Å². The topological polar surface area (TPSA) is 41.6 Å². The number of aryl methyl sites for hydroxylation is 1. The Morgan fingerprint density at radius 2 is 2.00 bits per heavy atom. The molecule has 0 aliphatic carbocycles. The number of nitriles is 1. The van der Waals surface area contributed by atoms with Gasteiger partial charge in [-0.2, -0.15) is 10.4 Å². The SMILES string of the molecule is CCC(C)c1ccc(-c2c(Br)c(C#N)nn2C)cc1. The van der Waals surface area contributed by atoms with E-state index in [4.69, 9.17) is 5.26 Å². The fraction of sp³-hybridized carbons (Fsp3) is 0.333. The zero-order valence-electron chi connectivity index (χ0n) is 11.3. The van der Waals surface area contributed by atoms with E-state index in [1.807, 2.05) is 7.05 Å². The van der Waals surface area contributed by atoms with Crippen LogP contribution in [-0.4, -0.2) is 9.78 Å². The Kier molecular flexibility index (Phi) is 4.06. The molecule has 2 rings (SSSR count). The van der Waals surface area contributed by atoms with Crippen molar-refractivity contribution < 1.29 is 0 Å². The summed E-state index contributed by atoms with van der Waals surface area (Å²) in [4.78, 5) is 0. The molecule has 0 saturated heterocycles. The number of hydrogen-bond donors (Lipinski definition) is 0. The average molecular weight is 318 g/mol.